The summed E-state index contributed by atoms with van der Waals surface area (Å²) in [4.78, 5) is 24.4. The Hall–Kier alpha value is -3.01. The monoisotopic (exact) mass is 355 g/mol. The highest BCUT2D eigenvalue weighted by Crippen LogP contribution is 2.38. The molecular formula is C19H21N3O4. The van der Waals surface area contributed by atoms with Crippen LogP contribution >= 0.6 is 0 Å². The number of aryl methyl sites for hydroxylation is 2. The molecule has 2 aromatic rings. The van der Waals surface area contributed by atoms with Crippen molar-refractivity contribution in [3.05, 3.63) is 39.9 Å². The van der Waals surface area contributed by atoms with E-state index in [0.717, 1.165) is 24.2 Å². The number of aromatic nitrogens is 1. The fourth-order valence-electron chi connectivity index (χ4n) is 3.10. The van der Waals surface area contributed by atoms with Gasteiger partial charge in [0, 0.05) is 23.0 Å². The number of ether oxygens (including phenoxy) is 1. The van der Waals surface area contributed by atoms with Crippen molar-refractivity contribution in [1.82, 2.24) is 4.57 Å². The number of hydrogen-bond acceptors (Lipinski definition) is 5. The summed E-state index contributed by atoms with van der Waals surface area (Å²) in [6.07, 6.45) is 2.24. The SMILES string of the molecule is Cc1oc(NC(=O)COC(=O)c2cc(C)n(C3CC3)c2C)c(C#N)c1C. The van der Waals surface area contributed by atoms with E-state index in [-0.39, 0.29) is 11.4 Å². The number of nitrogens with one attached hydrogen (secondary N) is 1. The average molecular weight is 355 g/mol. The molecule has 1 aliphatic carbocycles. The number of amides is 1. The third-order valence-corrected chi connectivity index (χ3v) is 4.70. The number of nitrogens with zero attached hydrogens (tertiary/aromatic N) is 2. The lowest BCUT2D eigenvalue weighted by molar-refractivity contribution is -0.119. The third kappa shape index (κ3) is 3.23. The number of hydrogen-bond donors (Lipinski definition) is 1. The molecule has 2 aromatic heterocycles. The molecule has 0 unspecified atom stereocenters. The Morgan fingerprint density at radius 2 is 2.04 bits per heavy atom. The molecule has 1 fully saturated rings. The highest BCUT2D eigenvalue weighted by molar-refractivity contribution is 5.96. The van der Waals surface area contributed by atoms with Crippen LogP contribution in [0.2, 0.25) is 0 Å². The Kier molecular flexibility index (Phi) is 4.60. The van der Waals surface area contributed by atoms with E-state index in [4.69, 9.17) is 14.4 Å². The molecule has 1 N–H and O–H groups in total. The minimum Gasteiger partial charge on any atom is -0.452 e. The summed E-state index contributed by atoms with van der Waals surface area (Å²) in [5.74, 6) is -0.455. The molecule has 0 bridgehead atoms. The summed E-state index contributed by atoms with van der Waals surface area (Å²) < 4.78 is 12.6. The smallest absolute Gasteiger partial charge is 0.340 e. The van der Waals surface area contributed by atoms with Gasteiger partial charge in [0.05, 0.1) is 5.56 Å². The lowest BCUT2D eigenvalue weighted by Crippen LogP contribution is -2.21. The third-order valence-electron chi connectivity index (χ3n) is 4.70. The minimum atomic E-state index is -0.556. The molecule has 7 nitrogen and oxygen atoms in total. The molecule has 2 heterocycles. The average Bonchev–Trinajstić information content (AvgIpc) is 3.32. The molecule has 1 saturated carbocycles. The van der Waals surface area contributed by atoms with Crippen LogP contribution in [-0.4, -0.2) is 23.1 Å². The van der Waals surface area contributed by atoms with E-state index in [1.165, 1.54) is 0 Å². The first kappa shape index (κ1) is 17.8. The summed E-state index contributed by atoms with van der Waals surface area (Å²) in [5, 5.41) is 11.6. The van der Waals surface area contributed by atoms with E-state index in [1.807, 2.05) is 19.9 Å². The van der Waals surface area contributed by atoms with Crippen LogP contribution in [0.25, 0.3) is 0 Å². The fourth-order valence-corrected chi connectivity index (χ4v) is 3.10. The van der Waals surface area contributed by atoms with Crippen LogP contribution in [0.4, 0.5) is 5.88 Å². The van der Waals surface area contributed by atoms with Crippen molar-refractivity contribution in [1.29, 1.82) is 5.26 Å². The van der Waals surface area contributed by atoms with Gasteiger partial charge in [-0.15, -0.1) is 0 Å². The summed E-state index contributed by atoms with van der Waals surface area (Å²) in [6, 6.07) is 4.25. The topological polar surface area (TPSA) is 97.3 Å². The molecule has 0 radical (unpaired) electrons. The second kappa shape index (κ2) is 6.71. The molecule has 0 aromatic carbocycles. The zero-order valence-corrected chi connectivity index (χ0v) is 15.3. The maximum Gasteiger partial charge on any atom is 0.340 e. The predicted octanol–water partition coefficient (Wildman–Crippen LogP) is 3.32. The molecule has 0 atom stereocenters. The fraction of sp³-hybridized carbons (Fsp3) is 0.421. The molecule has 26 heavy (non-hydrogen) atoms. The van der Waals surface area contributed by atoms with E-state index in [1.54, 1.807) is 19.9 Å². The number of furan rings is 1. The van der Waals surface area contributed by atoms with E-state index in [2.05, 4.69) is 9.88 Å². The first-order valence-corrected chi connectivity index (χ1v) is 8.49. The van der Waals surface area contributed by atoms with E-state index < -0.39 is 18.5 Å². The number of rotatable bonds is 5. The molecule has 0 spiro atoms. The van der Waals surface area contributed by atoms with Crippen LogP contribution in [0.5, 0.6) is 0 Å². The number of anilines is 1. The molecule has 0 aliphatic heterocycles. The minimum absolute atomic E-state index is 0.0791. The van der Waals surface area contributed by atoms with Crippen molar-refractivity contribution in [2.24, 2.45) is 0 Å². The van der Waals surface area contributed by atoms with E-state index in [9.17, 15) is 9.59 Å². The van der Waals surface area contributed by atoms with Crippen molar-refractivity contribution >= 4 is 17.8 Å². The predicted molar refractivity (Wildman–Crippen MR) is 94.0 cm³/mol. The summed E-state index contributed by atoms with van der Waals surface area (Å²) in [6.45, 7) is 6.84. The van der Waals surface area contributed by atoms with Gasteiger partial charge in [-0.05, 0) is 46.6 Å². The van der Waals surface area contributed by atoms with Gasteiger partial charge < -0.3 is 13.7 Å². The molecule has 136 valence electrons. The first-order valence-electron chi connectivity index (χ1n) is 8.49. The van der Waals surface area contributed by atoms with E-state index >= 15 is 0 Å². The Bertz CT molecular complexity index is 926. The maximum absolute atomic E-state index is 12.3. The highest BCUT2D eigenvalue weighted by Gasteiger charge is 2.29. The Labute approximate surface area is 151 Å². The van der Waals surface area contributed by atoms with Crippen LogP contribution < -0.4 is 5.32 Å². The standard InChI is InChI=1S/C19H21N3O4/c1-10-7-15(12(3)22(10)14-5-6-14)19(24)25-9-17(23)21-18-16(8-20)11(2)13(4)26-18/h7,14H,5-6,9H2,1-4H3,(H,21,23). The molecule has 0 saturated heterocycles. The van der Waals surface area contributed by atoms with Gasteiger partial charge in [0.2, 0.25) is 5.88 Å². The van der Waals surface area contributed by atoms with Crippen molar-refractivity contribution < 1.29 is 18.7 Å². The summed E-state index contributed by atoms with van der Waals surface area (Å²) in [5.41, 5.74) is 3.30. The summed E-state index contributed by atoms with van der Waals surface area (Å²) in [7, 11) is 0. The van der Waals surface area contributed by atoms with Crippen LogP contribution in [0.15, 0.2) is 10.5 Å². The normalized spacial score (nSPS) is 13.3. The van der Waals surface area contributed by atoms with Gasteiger partial charge in [-0.3, -0.25) is 10.1 Å². The Morgan fingerprint density at radius 3 is 2.65 bits per heavy atom. The lowest BCUT2D eigenvalue weighted by Gasteiger charge is -2.08. The first-order chi connectivity index (χ1) is 12.3. The summed E-state index contributed by atoms with van der Waals surface area (Å²) >= 11 is 0. The van der Waals surface area contributed by atoms with Crippen LogP contribution in [0.3, 0.4) is 0 Å². The zero-order valence-electron chi connectivity index (χ0n) is 15.3. The van der Waals surface area contributed by atoms with Gasteiger partial charge in [-0.2, -0.15) is 5.26 Å². The molecule has 3 rings (SSSR count). The molecule has 7 heteroatoms. The van der Waals surface area contributed by atoms with E-state index in [0.29, 0.717) is 22.9 Å². The van der Waals surface area contributed by atoms with Crippen molar-refractivity contribution in [2.45, 2.75) is 46.6 Å². The van der Waals surface area contributed by atoms with Gasteiger partial charge in [-0.25, -0.2) is 4.79 Å². The largest absolute Gasteiger partial charge is 0.452 e. The van der Waals surface area contributed by atoms with Gasteiger partial charge in [0.25, 0.3) is 5.91 Å². The van der Waals surface area contributed by atoms with Gasteiger partial charge in [0.1, 0.15) is 17.4 Å². The van der Waals surface area contributed by atoms with Crippen molar-refractivity contribution in [3.63, 3.8) is 0 Å². The van der Waals surface area contributed by atoms with Crippen LogP contribution in [0.1, 0.15) is 57.5 Å². The molecule has 1 aliphatic rings. The Morgan fingerprint density at radius 1 is 1.35 bits per heavy atom. The van der Waals surface area contributed by atoms with Gasteiger partial charge in [-0.1, -0.05) is 0 Å². The molecular weight excluding hydrogens is 334 g/mol. The second-order valence-electron chi connectivity index (χ2n) is 6.61. The molecule has 1 amide bonds. The second-order valence-corrected chi connectivity index (χ2v) is 6.61. The number of nitriles is 1. The maximum atomic E-state index is 12.3. The number of carbonyl (C=O) groups excluding carboxylic acids is 2. The van der Waals surface area contributed by atoms with Crippen molar-refractivity contribution in [2.75, 3.05) is 11.9 Å². The zero-order chi connectivity index (χ0) is 19.0. The number of esters is 1. The van der Waals surface area contributed by atoms with Crippen LogP contribution in [0, 0.1) is 39.0 Å². The van der Waals surface area contributed by atoms with Crippen LogP contribution in [-0.2, 0) is 9.53 Å². The number of carbonyl (C=O) groups is 2. The van der Waals surface area contributed by atoms with Gasteiger partial charge in [0.15, 0.2) is 6.61 Å². The lowest BCUT2D eigenvalue weighted by atomic mass is 10.2. The van der Waals surface area contributed by atoms with Gasteiger partial charge >= 0.3 is 5.97 Å². The van der Waals surface area contributed by atoms with Crippen molar-refractivity contribution in [3.8, 4) is 6.07 Å². The Balaban J connectivity index is 1.63. The highest BCUT2D eigenvalue weighted by atomic mass is 16.5. The quantitative estimate of drug-likeness (QED) is 0.830.